The molecule has 0 spiro atoms. The zero-order valence-corrected chi connectivity index (χ0v) is 13.1. The molecular formula is C12H12BrCl2N3. The van der Waals surface area contributed by atoms with Crippen molar-refractivity contribution in [2.75, 3.05) is 0 Å². The highest BCUT2D eigenvalue weighted by Crippen LogP contribution is 2.28. The van der Waals surface area contributed by atoms with Crippen molar-refractivity contribution in [2.24, 2.45) is 0 Å². The number of hydrogen-bond acceptors (Lipinski definition) is 2. The molecule has 0 aliphatic rings. The fraction of sp³-hybridized carbons (Fsp3) is 0.333. The number of rotatable bonds is 3. The standard InChI is InChI=1S/C12H12BrCl2N3/c1-7(2)18-11(6-14)16-17-12(18)8-3-9(13)5-10(15)4-8/h3-5,7H,6H2,1-2H3. The summed E-state index contributed by atoms with van der Waals surface area (Å²) < 4.78 is 2.93. The van der Waals surface area contributed by atoms with Crippen LogP contribution in [-0.4, -0.2) is 14.8 Å². The molecule has 96 valence electrons. The summed E-state index contributed by atoms with van der Waals surface area (Å²) in [5.41, 5.74) is 0.923. The summed E-state index contributed by atoms with van der Waals surface area (Å²) in [7, 11) is 0. The molecule has 0 atom stereocenters. The molecule has 1 heterocycles. The quantitative estimate of drug-likeness (QED) is 0.754. The highest BCUT2D eigenvalue weighted by molar-refractivity contribution is 9.10. The van der Waals surface area contributed by atoms with E-state index in [1.807, 2.05) is 22.8 Å². The number of nitrogens with zero attached hydrogens (tertiary/aromatic N) is 3. The molecule has 0 bridgehead atoms. The van der Waals surface area contributed by atoms with Gasteiger partial charge in [-0.25, -0.2) is 0 Å². The van der Waals surface area contributed by atoms with E-state index in [0.717, 1.165) is 21.7 Å². The summed E-state index contributed by atoms with van der Waals surface area (Å²) in [4.78, 5) is 0. The van der Waals surface area contributed by atoms with E-state index in [0.29, 0.717) is 10.9 Å². The fourth-order valence-electron chi connectivity index (χ4n) is 1.84. The van der Waals surface area contributed by atoms with Crippen molar-refractivity contribution in [1.29, 1.82) is 0 Å². The van der Waals surface area contributed by atoms with Crippen molar-refractivity contribution in [3.05, 3.63) is 33.5 Å². The maximum absolute atomic E-state index is 6.06. The minimum absolute atomic E-state index is 0.238. The van der Waals surface area contributed by atoms with Gasteiger partial charge in [0.15, 0.2) is 5.82 Å². The lowest BCUT2D eigenvalue weighted by Crippen LogP contribution is -2.07. The van der Waals surface area contributed by atoms with Crippen LogP contribution in [0.25, 0.3) is 11.4 Å². The van der Waals surface area contributed by atoms with Gasteiger partial charge in [0.05, 0.1) is 5.88 Å². The first-order valence-corrected chi connectivity index (χ1v) is 7.19. The van der Waals surface area contributed by atoms with Crippen LogP contribution in [0.4, 0.5) is 0 Å². The number of halogens is 3. The first kappa shape index (κ1) is 13.8. The number of aromatic nitrogens is 3. The van der Waals surface area contributed by atoms with Gasteiger partial charge in [-0.2, -0.15) is 0 Å². The third kappa shape index (κ3) is 2.71. The van der Waals surface area contributed by atoms with Crippen LogP contribution < -0.4 is 0 Å². The Morgan fingerprint density at radius 2 is 2.00 bits per heavy atom. The van der Waals surface area contributed by atoms with Crippen LogP contribution in [-0.2, 0) is 5.88 Å². The second kappa shape index (κ2) is 5.59. The van der Waals surface area contributed by atoms with Gasteiger partial charge in [0.2, 0.25) is 0 Å². The zero-order valence-electron chi connectivity index (χ0n) is 9.99. The number of benzene rings is 1. The molecule has 6 heteroatoms. The summed E-state index contributed by atoms with van der Waals surface area (Å²) >= 11 is 15.4. The van der Waals surface area contributed by atoms with Crippen LogP contribution in [0.1, 0.15) is 25.7 Å². The monoisotopic (exact) mass is 347 g/mol. The van der Waals surface area contributed by atoms with Gasteiger partial charge >= 0.3 is 0 Å². The summed E-state index contributed by atoms with van der Waals surface area (Å²) in [6.45, 7) is 4.14. The maximum Gasteiger partial charge on any atom is 0.164 e. The number of alkyl halides is 1. The van der Waals surface area contributed by atoms with Gasteiger partial charge in [-0.1, -0.05) is 27.5 Å². The van der Waals surface area contributed by atoms with E-state index in [9.17, 15) is 0 Å². The molecule has 2 rings (SSSR count). The van der Waals surface area contributed by atoms with Gasteiger partial charge in [0.1, 0.15) is 5.82 Å². The normalized spacial score (nSPS) is 11.2. The lowest BCUT2D eigenvalue weighted by molar-refractivity contribution is 0.585. The SMILES string of the molecule is CC(C)n1c(CCl)nnc1-c1cc(Cl)cc(Br)c1. The van der Waals surface area contributed by atoms with Crippen LogP contribution in [0.15, 0.2) is 22.7 Å². The molecule has 0 saturated carbocycles. The fourth-order valence-corrected chi connectivity index (χ4v) is 2.88. The molecule has 18 heavy (non-hydrogen) atoms. The summed E-state index contributed by atoms with van der Waals surface area (Å²) in [6.07, 6.45) is 0. The predicted octanol–water partition coefficient (Wildman–Crippen LogP) is 4.68. The number of hydrogen-bond donors (Lipinski definition) is 0. The predicted molar refractivity (Wildman–Crippen MR) is 78.1 cm³/mol. The lowest BCUT2D eigenvalue weighted by Gasteiger charge is -2.13. The van der Waals surface area contributed by atoms with Gasteiger partial charge in [0.25, 0.3) is 0 Å². The van der Waals surface area contributed by atoms with Crippen molar-refractivity contribution in [3.63, 3.8) is 0 Å². The van der Waals surface area contributed by atoms with Crippen LogP contribution in [0.2, 0.25) is 5.02 Å². The molecule has 2 aromatic rings. The van der Waals surface area contributed by atoms with E-state index in [-0.39, 0.29) is 6.04 Å². The molecular weight excluding hydrogens is 337 g/mol. The average Bonchev–Trinajstić information content (AvgIpc) is 2.71. The minimum atomic E-state index is 0.238. The first-order valence-electron chi connectivity index (χ1n) is 5.49. The second-order valence-electron chi connectivity index (χ2n) is 4.20. The van der Waals surface area contributed by atoms with Crippen LogP contribution in [0.3, 0.4) is 0 Å². The smallest absolute Gasteiger partial charge is 0.164 e. The van der Waals surface area contributed by atoms with E-state index < -0.39 is 0 Å². The Hall–Kier alpha value is -0.580. The van der Waals surface area contributed by atoms with Crippen molar-refractivity contribution in [2.45, 2.75) is 25.8 Å². The van der Waals surface area contributed by atoms with Crippen molar-refractivity contribution < 1.29 is 0 Å². The maximum atomic E-state index is 6.06. The Bertz CT molecular complexity index is 546. The second-order valence-corrected chi connectivity index (χ2v) is 5.81. The van der Waals surface area contributed by atoms with Gasteiger partial charge in [-0.05, 0) is 32.0 Å². The van der Waals surface area contributed by atoms with Crippen molar-refractivity contribution in [3.8, 4) is 11.4 Å². The molecule has 0 aliphatic carbocycles. The molecule has 0 radical (unpaired) electrons. The van der Waals surface area contributed by atoms with E-state index in [2.05, 4.69) is 40.0 Å². The molecule has 0 amide bonds. The van der Waals surface area contributed by atoms with Crippen LogP contribution in [0, 0.1) is 0 Å². The summed E-state index contributed by atoms with van der Waals surface area (Å²) in [6, 6.07) is 5.91. The third-order valence-electron chi connectivity index (χ3n) is 2.52. The Morgan fingerprint density at radius 3 is 2.56 bits per heavy atom. The van der Waals surface area contributed by atoms with Crippen LogP contribution >= 0.6 is 39.1 Å². The molecule has 0 N–H and O–H groups in total. The van der Waals surface area contributed by atoms with Gasteiger partial charge in [-0.3, -0.25) is 0 Å². The Kier molecular flexibility index (Phi) is 4.30. The molecule has 0 fully saturated rings. The lowest BCUT2D eigenvalue weighted by atomic mass is 10.2. The van der Waals surface area contributed by atoms with Gasteiger partial charge < -0.3 is 4.57 Å². The molecule has 3 nitrogen and oxygen atoms in total. The molecule has 0 saturated heterocycles. The first-order chi connectivity index (χ1) is 8.52. The summed E-state index contributed by atoms with van der Waals surface area (Å²) in [5.74, 6) is 1.88. The van der Waals surface area contributed by atoms with E-state index >= 15 is 0 Å². The molecule has 0 aliphatic heterocycles. The topological polar surface area (TPSA) is 30.7 Å². The van der Waals surface area contributed by atoms with Crippen molar-refractivity contribution >= 4 is 39.1 Å². The Balaban J connectivity index is 2.60. The van der Waals surface area contributed by atoms with Gasteiger partial charge in [0, 0.05) is 21.1 Å². The van der Waals surface area contributed by atoms with Gasteiger partial charge in [-0.15, -0.1) is 21.8 Å². The zero-order chi connectivity index (χ0) is 13.3. The van der Waals surface area contributed by atoms with E-state index in [4.69, 9.17) is 23.2 Å². The van der Waals surface area contributed by atoms with E-state index in [1.54, 1.807) is 0 Å². The molecule has 1 aromatic carbocycles. The third-order valence-corrected chi connectivity index (χ3v) is 3.44. The van der Waals surface area contributed by atoms with Crippen LogP contribution in [0.5, 0.6) is 0 Å². The minimum Gasteiger partial charge on any atom is -0.307 e. The van der Waals surface area contributed by atoms with Crippen molar-refractivity contribution in [1.82, 2.24) is 14.8 Å². The highest BCUT2D eigenvalue weighted by Gasteiger charge is 2.16. The van der Waals surface area contributed by atoms with E-state index in [1.165, 1.54) is 0 Å². The molecule has 0 unspecified atom stereocenters. The Labute approximate surface area is 124 Å². The highest BCUT2D eigenvalue weighted by atomic mass is 79.9. The average molecular weight is 349 g/mol. The summed E-state index contributed by atoms with van der Waals surface area (Å²) in [5, 5.41) is 8.98. The molecule has 1 aromatic heterocycles. The Morgan fingerprint density at radius 1 is 1.28 bits per heavy atom. The largest absolute Gasteiger partial charge is 0.307 e.